The second-order valence-corrected chi connectivity index (χ2v) is 11.0. The summed E-state index contributed by atoms with van der Waals surface area (Å²) in [7, 11) is 1.00. The molecule has 0 atom stereocenters. The fourth-order valence-corrected chi connectivity index (χ4v) is 7.37. The SMILES string of the molecule is CC.CCN1/C(=C/C(C)=c2/s/c(=C3\SC(=S)N(CC=O)C3=O)n(CC(=O)O)c2=O)Sc2ccccc21.CO. The van der Waals surface area contributed by atoms with Crippen molar-refractivity contribution >= 4 is 85.7 Å². The zero-order valence-electron chi connectivity index (χ0n) is 21.6. The van der Waals surface area contributed by atoms with Crippen molar-refractivity contribution < 1.29 is 24.6 Å². The molecule has 0 unspecified atom stereocenters. The Morgan fingerprint density at radius 1 is 1.11 bits per heavy atom. The van der Waals surface area contributed by atoms with Gasteiger partial charge < -0.3 is 19.9 Å². The summed E-state index contributed by atoms with van der Waals surface area (Å²) in [5.41, 5.74) is 1.27. The van der Waals surface area contributed by atoms with E-state index in [9.17, 15) is 24.3 Å². The third-order valence-electron chi connectivity index (χ3n) is 5.13. The number of benzene rings is 1. The number of carboxylic acids is 1. The number of thioether (sulfide) groups is 2. The molecule has 0 aliphatic carbocycles. The second-order valence-electron chi connectivity index (χ2n) is 7.28. The molecule has 0 spiro atoms. The van der Waals surface area contributed by atoms with Gasteiger partial charge in [0.2, 0.25) is 0 Å². The van der Waals surface area contributed by atoms with E-state index in [4.69, 9.17) is 17.3 Å². The second kappa shape index (κ2) is 14.4. The van der Waals surface area contributed by atoms with Gasteiger partial charge in [-0.1, -0.05) is 61.7 Å². The van der Waals surface area contributed by atoms with Gasteiger partial charge in [0.05, 0.1) is 21.8 Å². The van der Waals surface area contributed by atoms with Crippen LogP contribution in [0.4, 0.5) is 5.69 Å². The summed E-state index contributed by atoms with van der Waals surface area (Å²) in [5, 5.41) is 17.3. The molecule has 3 heterocycles. The Kier molecular flexibility index (Phi) is 12.0. The Morgan fingerprint density at radius 2 is 1.76 bits per heavy atom. The van der Waals surface area contributed by atoms with Crippen LogP contribution < -0.4 is 19.7 Å². The molecule has 9 nitrogen and oxygen atoms in total. The fraction of sp³-hybridized carbons (Fsp3) is 0.320. The summed E-state index contributed by atoms with van der Waals surface area (Å²) in [6.07, 6.45) is 2.48. The van der Waals surface area contributed by atoms with Gasteiger partial charge in [0, 0.05) is 18.6 Å². The van der Waals surface area contributed by atoms with Gasteiger partial charge in [-0.2, -0.15) is 0 Å². The van der Waals surface area contributed by atoms with Gasteiger partial charge in [-0.15, -0.1) is 11.3 Å². The average Bonchev–Trinajstić information content (AvgIpc) is 3.53. The minimum Gasteiger partial charge on any atom is -0.480 e. The number of anilines is 1. The van der Waals surface area contributed by atoms with E-state index in [0.29, 0.717) is 16.4 Å². The van der Waals surface area contributed by atoms with Crippen molar-refractivity contribution in [3.8, 4) is 0 Å². The molecule has 1 fully saturated rings. The van der Waals surface area contributed by atoms with Gasteiger partial charge >= 0.3 is 5.97 Å². The summed E-state index contributed by atoms with van der Waals surface area (Å²) in [6, 6.07) is 8.03. The summed E-state index contributed by atoms with van der Waals surface area (Å²) < 4.78 is 1.85. The van der Waals surface area contributed by atoms with Crippen LogP contribution in [-0.2, 0) is 20.9 Å². The Bertz CT molecular complexity index is 1440. The third kappa shape index (κ3) is 6.46. The Hall–Kier alpha value is -2.71. The number of allylic oxidation sites excluding steroid dienone is 1. The van der Waals surface area contributed by atoms with Gasteiger partial charge in [0.25, 0.3) is 11.5 Å². The van der Waals surface area contributed by atoms with E-state index >= 15 is 0 Å². The summed E-state index contributed by atoms with van der Waals surface area (Å²) >= 11 is 8.83. The number of hydrogen-bond acceptors (Lipinski definition) is 10. The van der Waals surface area contributed by atoms with E-state index in [-0.39, 0.29) is 20.4 Å². The number of aliphatic hydroxyl groups is 1. The van der Waals surface area contributed by atoms with Crippen molar-refractivity contribution in [2.45, 2.75) is 39.1 Å². The Morgan fingerprint density at radius 3 is 2.37 bits per heavy atom. The number of hydrogen-bond donors (Lipinski definition) is 2. The predicted octanol–water partition coefficient (Wildman–Crippen LogP) is 2.44. The number of aliphatic hydroxyl groups excluding tert-OH is 1. The fourth-order valence-electron chi connectivity index (χ4n) is 3.60. The van der Waals surface area contributed by atoms with Gasteiger partial charge in [-0.25, -0.2) is 0 Å². The molecule has 1 aromatic heterocycles. The quantitative estimate of drug-likeness (QED) is 0.381. The number of para-hydroxylation sites is 1. The van der Waals surface area contributed by atoms with Crippen LogP contribution in [0.25, 0.3) is 10.5 Å². The molecular formula is C25H29N3O6S4. The van der Waals surface area contributed by atoms with Crippen molar-refractivity contribution in [1.29, 1.82) is 0 Å². The molecule has 2 aliphatic heterocycles. The largest absolute Gasteiger partial charge is 0.480 e. The lowest BCUT2D eigenvalue weighted by Crippen LogP contribution is -2.36. The molecule has 2 aromatic rings. The molecule has 1 aromatic carbocycles. The molecule has 2 aliphatic rings. The molecule has 38 heavy (non-hydrogen) atoms. The van der Waals surface area contributed by atoms with Crippen LogP contribution >= 0.6 is 47.1 Å². The molecule has 0 radical (unpaired) electrons. The summed E-state index contributed by atoms with van der Waals surface area (Å²) in [4.78, 5) is 53.1. The molecule has 0 bridgehead atoms. The maximum absolute atomic E-state index is 13.3. The van der Waals surface area contributed by atoms with E-state index in [1.54, 1.807) is 18.7 Å². The maximum Gasteiger partial charge on any atom is 0.323 e. The van der Waals surface area contributed by atoms with Crippen LogP contribution in [0.15, 0.2) is 45.1 Å². The number of nitrogens with zero attached hydrogens (tertiary/aromatic N) is 3. The highest BCUT2D eigenvalue weighted by Gasteiger charge is 2.34. The zero-order chi connectivity index (χ0) is 28.6. The van der Waals surface area contributed by atoms with Gasteiger partial charge in [0.1, 0.15) is 26.7 Å². The van der Waals surface area contributed by atoms with Crippen LogP contribution in [-0.4, -0.2) is 62.4 Å². The highest BCUT2D eigenvalue weighted by atomic mass is 32.2. The number of carboxylic acid groups (broad SMARTS) is 1. The first-order valence-electron chi connectivity index (χ1n) is 11.6. The lowest BCUT2D eigenvalue weighted by Gasteiger charge is -2.17. The zero-order valence-corrected chi connectivity index (χ0v) is 24.9. The van der Waals surface area contributed by atoms with E-state index < -0.39 is 24.0 Å². The Balaban J connectivity index is 0.00000121. The monoisotopic (exact) mass is 595 g/mol. The molecule has 204 valence electrons. The number of carbonyl (C=O) groups is 3. The Labute approximate surface area is 238 Å². The minimum absolute atomic E-state index is 0.153. The molecule has 0 saturated carbocycles. The van der Waals surface area contributed by atoms with Gasteiger partial charge in [-0.05, 0) is 37.6 Å². The van der Waals surface area contributed by atoms with Crippen molar-refractivity contribution in [2.24, 2.45) is 0 Å². The topological polar surface area (TPSA) is 120 Å². The lowest BCUT2D eigenvalue weighted by atomic mass is 10.2. The normalized spacial score (nSPS) is 17.5. The van der Waals surface area contributed by atoms with Crippen molar-refractivity contribution in [3.63, 3.8) is 0 Å². The van der Waals surface area contributed by atoms with E-state index in [2.05, 4.69) is 4.90 Å². The van der Waals surface area contributed by atoms with Crippen LogP contribution in [0.3, 0.4) is 0 Å². The van der Waals surface area contributed by atoms with E-state index in [0.717, 1.165) is 61.8 Å². The van der Waals surface area contributed by atoms with Crippen molar-refractivity contribution in [3.05, 3.63) is 54.9 Å². The predicted molar refractivity (Wildman–Crippen MR) is 159 cm³/mol. The maximum atomic E-state index is 13.3. The van der Waals surface area contributed by atoms with Crippen LogP contribution in [0, 0.1) is 0 Å². The van der Waals surface area contributed by atoms with Crippen LogP contribution in [0.5, 0.6) is 0 Å². The number of thiazole rings is 1. The first-order valence-corrected chi connectivity index (χ1v) is 14.5. The molecule has 1 amide bonds. The van der Waals surface area contributed by atoms with Gasteiger partial charge in [0.15, 0.2) is 0 Å². The van der Waals surface area contributed by atoms with E-state index in [1.807, 2.05) is 51.1 Å². The summed E-state index contributed by atoms with van der Waals surface area (Å²) in [6.45, 7) is 7.80. The van der Waals surface area contributed by atoms with Crippen LogP contribution in [0.2, 0.25) is 0 Å². The van der Waals surface area contributed by atoms with E-state index in [1.165, 1.54) is 0 Å². The number of carbonyl (C=O) groups excluding carboxylic acids is 2. The van der Waals surface area contributed by atoms with Crippen molar-refractivity contribution in [1.82, 2.24) is 9.47 Å². The lowest BCUT2D eigenvalue weighted by molar-refractivity contribution is -0.137. The number of aliphatic carboxylic acids is 1. The summed E-state index contributed by atoms with van der Waals surface area (Å²) in [5.74, 6) is -1.71. The number of rotatable bonds is 6. The first kappa shape index (κ1) is 31.5. The molecule has 1 saturated heterocycles. The number of thiocarbonyl (C=S) groups is 1. The van der Waals surface area contributed by atoms with Crippen molar-refractivity contribution in [2.75, 3.05) is 25.1 Å². The average molecular weight is 596 g/mol. The highest BCUT2D eigenvalue weighted by Crippen LogP contribution is 2.45. The molecular weight excluding hydrogens is 567 g/mol. The van der Waals surface area contributed by atoms with Gasteiger partial charge in [-0.3, -0.25) is 23.9 Å². The number of aromatic nitrogens is 1. The number of fused-ring (bicyclic) bond motifs is 1. The number of amides is 1. The standard InChI is InChI=1S/C22H19N3O5S4.C2H6.CH4O/c1-3-23-13-6-4-5-7-14(13)32-15(23)10-12(2)17-19(29)25(11-16(27)28)21(33-17)18-20(30)24(8-9-26)22(31)34-18;2*1-2/h4-7,9-10H,3,8,11H2,1-2H3,(H,27,28);1-2H3;2H,1H3/b15-10-,17-12+,21-18-;;. The highest BCUT2D eigenvalue weighted by molar-refractivity contribution is 8.30. The minimum atomic E-state index is -1.20. The number of aldehydes is 1. The van der Waals surface area contributed by atoms with Crippen LogP contribution in [0.1, 0.15) is 27.7 Å². The third-order valence-corrected chi connectivity index (χ3v) is 9.13. The first-order chi connectivity index (χ1) is 18.3. The molecule has 4 rings (SSSR count). The molecule has 13 heteroatoms. The molecule has 2 N–H and O–H groups in total. The smallest absolute Gasteiger partial charge is 0.323 e.